The molecule has 1 N–H and O–H groups in total. The molecule has 166 valence electrons. The molecule has 3 aromatic rings. The third-order valence-corrected chi connectivity index (χ3v) is 7.01. The van der Waals surface area contributed by atoms with Crippen LogP contribution in [0, 0.1) is 0 Å². The summed E-state index contributed by atoms with van der Waals surface area (Å²) in [6.45, 7) is 2.08. The van der Waals surface area contributed by atoms with E-state index < -0.39 is 6.04 Å². The minimum Gasteiger partial charge on any atom is -0.351 e. The lowest BCUT2D eigenvalue weighted by Gasteiger charge is -2.33. The predicted octanol–water partition coefficient (Wildman–Crippen LogP) is 5.69. The SMILES string of the molecule is CCc1ccccc1N(C(=O)Cc1cccs1)[C@H](C(=O)NC1CCCC1)c1ccccc1. The number of hydrogen-bond acceptors (Lipinski definition) is 3. The van der Waals surface area contributed by atoms with Crippen molar-refractivity contribution >= 4 is 28.8 Å². The number of nitrogens with zero attached hydrogens (tertiary/aromatic N) is 1. The normalized spacial score (nSPS) is 14.8. The van der Waals surface area contributed by atoms with Gasteiger partial charge in [0.05, 0.1) is 6.42 Å². The Morgan fingerprint density at radius 1 is 1.00 bits per heavy atom. The number of rotatable bonds is 8. The molecule has 0 saturated heterocycles. The van der Waals surface area contributed by atoms with Crippen molar-refractivity contribution in [1.82, 2.24) is 5.32 Å². The number of aryl methyl sites for hydroxylation is 1. The highest BCUT2D eigenvalue weighted by Crippen LogP contribution is 2.32. The van der Waals surface area contributed by atoms with Crippen molar-refractivity contribution in [1.29, 1.82) is 0 Å². The number of benzene rings is 2. The maximum atomic E-state index is 13.8. The lowest BCUT2D eigenvalue weighted by Crippen LogP contribution is -2.47. The highest BCUT2D eigenvalue weighted by molar-refractivity contribution is 7.10. The first-order valence-electron chi connectivity index (χ1n) is 11.4. The third-order valence-electron chi connectivity index (χ3n) is 6.13. The minimum atomic E-state index is -0.711. The molecule has 0 radical (unpaired) electrons. The van der Waals surface area contributed by atoms with Crippen LogP contribution in [-0.2, 0) is 22.4 Å². The lowest BCUT2D eigenvalue weighted by atomic mass is 10.00. The first-order valence-corrected chi connectivity index (χ1v) is 12.3. The number of carbonyl (C=O) groups is 2. The minimum absolute atomic E-state index is 0.0659. The van der Waals surface area contributed by atoms with Gasteiger partial charge in [-0.2, -0.15) is 0 Å². The molecule has 1 atom stereocenters. The van der Waals surface area contributed by atoms with E-state index in [0.717, 1.165) is 53.8 Å². The van der Waals surface area contributed by atoms with Crippen LogP contribution < -0.4 is 10.2 Å². The fraction of sp³-hybridized carbons (Fsp3) is 0.333. The Kier molecular flexibility index (Phi) is 7.38. The van der Waals surface area contributed by atoms with Gasteiger partial charge in [-0.1, -0.05) is 74.4 Å². The molecule has 0 aliphatic heterocycles. The van der Waals surface area contributed by atoms with Gasteiger partial charge in [0.25, 0.3) is 0 Å². The van der Waals surface area contributed by atoms with E-state index >= 15 is 0 Å². The zero-order chi connectivity index (χ0) is 22.3. The summed E-state index contributed by atoms with van der Waals surface area (Å²) in [5, 5.41) is 5.23. The highest BCUT2D eigenvalue weighted by atomic mass is 32.1. The molecule has 0 spiro atoms. The predicted molar refractivity (Wildman–Crippen MR) is 131 cm³/mol. The quantitative estimate of drug-likeness (QED) is 0.483. The Bertz CT molecular complexity index is 1030. The monoisotopic (exact) mass is 446 g/mol. The summed E-state index contributed by atoms with van der Waals surface area (Å²) in [4.78, 5) is 30.2. The van der Waals surface area contributed by atoms with Crippen molar-refractivity contribution in [2.45, 2.75) is 57.5 Å². The average Bonchev–Trinajstić information content (AvgIpc) is 3.52. The van der Waals surface area contributed by atoms with Gasteiger partial charge < -0.3 is 5.32 Å². The fourth-order valence-corrected chi connectivity index (χ4v) is 5.21. The van der Waals surface area contributed by atoms with Gasteiger partial charge in [0.1, 0.15) is 6.04 Å². The number of carbonyl (C=O) groups excluding carboxylic acids is 2. The number of hydrogen-bond donors (Lipinski definition) is 1. The van der Waals surface area contributed by atoms with Crippen molar-refractivity contribution in [3.8, 4) is 0 Å². The Morgan fingerprint density at radius 2 is 1.72 bits per heavy atom. The van der Waals surface area contributed by atoms with Gasteiger partial charge in [0, 0.05) is 16.6 Å². The summed E-state index contributed by atoms with van der Waals surface area (Å²) in [5.41, 5.74) is 2.70. The molecule has 32 heavy (non-hydrogen) atoms. The molecule has 1 aromatic heterocycles. The van der Waals surface area contributed by atoms with Crippen LogP contribution in [0.5, 0.6) is 0 Å². The molecule has 0 unspecified atom stereocenters. The number of amides is 2. The maximum absolute atomic E-state index is 13.8. The Hall–Kier alpha value is -2.92. The van der Waals surface area contributed by atoms with Crippen molar-refractivity contribution in [3.05, 3.63) is 88.1 Å². The second kappa shape index (κ2) is 10.6. The largest absolute Gasteiger partial charge is 0.351 e. The number of anilines is 1. The molecular weight excluding hydrogens is 416 g/mol. The van der Waals surface area contributed by atoms with Crippen LogP contribution in [0.25, 0.3) is 0 Å². The van der Waals surface area contributed by atoms with Crippen LogP contribution in [0.4, 0.5) is 5.69 Å². The summed E-state index contributed by atoms with van der Waals surface area (Å²) in [7, 11) is 0. The molecule has 2 aromatic carbocycles. The van der Waals surface area contributed by atoms with E-state index in [1.807, 2.05) is 72.1 Å². The zero-order valence-corrected chi connectivity index (χ0v) is 19.3. The summed E-state index contributed by atoms with van der Waals surface area (Å²) in [6, 6.07) is 21.0. The molecule has 4 rings (SSSR count). The second-order valence-corrected chi connectivity index (χ2v) is 9.34. The topological polar surface area (TPSA) is 49.4 Å². The number of thiophene rings is 1. The van der Waals surface area contributed by atoms with Gasteiger partial charge in [-0.15, -0.1) is 11.3 Å². The molecule has 1 heterocycles. The van der Waals surface area contributed by atoms with Gasteiger partial charge in [0.15, 0.2) is 0 Å². The number of para-hydroxylation sites is 1. The van der Waals surface area contributed by atoms with E-state index in [1.165, 1.54) is 0 Å². The van der Waals surface area contributed by atoms with E-state index in [2.05, 4.69) is 12.2 Å². The standard InChI is InChI=1S/C27H30N2O2S/c1-2-20-11-6-9-17-24(20)29(25(30)19-23-16-10-18-32-23)26(21-12-4-3-5-13-21)27(31)28-22-14-7-8-15-22/h3-6,9-13,16-18,22,26H,2,7-8,14-15,19H2,1H3,(H,28,31)/t26-/m0/s1. The van der Waals surface area contributed by atoms with E-state index in [9.17, 15) is 9.59 Å². The van der Waals surface area contributed by atoms with E-state index in [4.69, 9.17) is 0 Å². The third kappa shape index (κ3) is 5.10. The molecule has 4 nitrogen and oxygen atoms in total. The first-order chi connectivity index (χ1) is 15.7. The van der Waals surface area contributed by atoms with Crippen molar-refractivity contribution in [2.75, 3.05) is 4.90 Å². The molecule has 0 bridgehead atoms. The van der Waals surface area contributed by atoms with Crippen LogP contribution in [0.15, 0.2) is 72.1 Å². The summed E-state index contributed by atoms with van der Waals surface area (Å²) in [6.07, 6.45) is 5.34. The molecule has 1 aliphatic rings. The van der Waals surface area contributed by atoms with Gasteiger partial charge in [-0.05, 0) is 47.9 Å². The molecule has 5 heteroatoms. The summed E-state index contributed by atoms with van der Waals surface area (Å²) >= 11 is 1.57. The number of nitrogens with one attached hydrogen (secondary N) is 1. The van der Waals surface area contributed by atoms with Crippen LogP contribution >= 0.6 is 11.3 Å². The van der Waals surface area contributed by atoms with Crippen LogP contribution in [0.2, 0.25) is 0 Å². The molecule has 1 aliphatic carbocycles. The molecule has 1 saturated carbocycles. The molecule has 2 amide bonds. The van der Waals surface area contributed by atoms with E-state index in [-0.39, 0.29) is 24.3 Å². The highest BCUT2D eigenvalue weighted by Gasteiger charge is 2.35. The van der Waals surface area contributed by atoms with Gasteiger partial charge >= 0.3 is 0 Å². The summed E-state index contributed by atoms with van der Waals surface area (Å²) in [5.74, 6) is -0.169. The van der Waals surface area contributed by atoms with Crippen molar-refractivity contribution in [2.24, 2.45) is 0 Å². The van der Waals surface area contributed by atoms with Crippen LogP contribution in [0.1, 0.15) is 54.7 Å². The zero-order valence-electron chi connectivity index (χ0n) is 18.5. The van der Waals surface area contributed by atoms with Gasteiger partial charge in [-0.25, -0.2) is 0 Å². The first kappa shape index (κ1) is 22.3. The van der Waals surface area contributed by atoms with Crippen molar-refractivity contribution in [3.63, 3.8) is 0 Å². The Labute approximate surface area is 194 Å². The van der Waals surface area contributed by atoms with Crippen LogP contribution in [-0.4, -0.2) is 17.9 Å². The van der Waals surface area contributed by atoms with Crippen molar-refractivity contribution < 1.29 is 9.59 Å². The molecular formula is C27H30N2O2S. The van der Waals surface area contributed by atoms with E-state index in [1.54, 1.807) is 16.2 Å². The summed E-state index contributed by atoms with van der Waals surface area (Å²) < 4.78 is 0. The Morgan fingerprint density at radius 3 is 2.41 bits per heavy atom. The van der Waals surface area contributed by atoms with Gasteiger partial charge in [0.2, 0.25) is 11.8 Å². The fourth-order valence-electron chi connectivity index (χ4n) is 4.51. The smallest absolute Gasteiger partial charge is 0.248 e. The van der Waals surface area contributed by atoms with Gasteiger partial charge in [-0.3, -0.25) is 14.5 Å². The maximum Gasteiger partial charge on any atom is 0.248 e. The molecule has 1 fully saturated rings. The lowest BCUT2D eigenvalue weighted by molar-refractivity contribution is -0.127. The Balaban J connectivity index is 1.77. The average molecular weight is 447 g/mol. The van der Waals surface area contributed by atoms with Crippen LogP contribution in [0.3, 0.4) is 0 Å². The second-order valence-electron chi connectivity index (χ2n) is 8.31. The van der Waals surface area contributed by atoms with E-state index in [0.29, 0.717) is 0 Å².